The fraction of sp³-hybridized carbons (Fsp3) is 0.438. The van der Waals surface area contributed by atoms with E-state index in [1.54, 1.807) is 0 Å². The number of hydrogen-bond donors (Lipinski definition) is 1. The number of unbranched alkanes of at least 4 members (excludes halogenated alkanes) is 2. The lowest BCUT2D eigenvalue weighted by molar-refractivity contribution is -0.143. The average molecular weight is 274 g/mol. The lowest BCUT2D eigenvalue weighted by Gasteiger charge is -2.06. The second kappa shape index (κ2) is 6.98. The van der Waals surface area contributed by atoms with Crippen molar-refractivity contribution in [1.29, 1.82) is 0 Å². The molecule has 0 bridgehead atoms. The molecule has 4 nitrogen and oxygen atoms in total. The van der Waals surface area contributed by atoms with Gasteiger partial charge in [-0.1, -0.05) is 12.5 Å². The molecule has 2 rings (SSSR count). The maximum absolute atomic E-state index is 11.2. The third-order valence-electron chi connectivity index (χ3n) is 3.38. The Morgan fingerprint density at radius 1 is 1.25 bits per heavy atom. The van der Waals surface area contributed by atoms with Crippen LogP contribution in [0.3, 0.4) is 0 Å². The van der Waals surface area contributed by atoms with Gasteiger partial charge in [-0.3, -0.25) is 4.79 Å². The first-order valence-electron chi connectivity index (χ1n) is 7.20. The first-order chi connectivity index (χ1) is 9.70. The molecule has 0 atom stereocenters. The molecule has 4 heteroatoms. The Balaban J connectivity index is 1.78. The van der Waals surface area contributed by atoms with E-state index in [0.29, 0.717) is 13.0 Å². The molecule has 1 aromatic carbocycles. The quantitative estimate of drug-likeness (QED) is 0.478. The van der Waals surface area contributed by atoms with Crippen molar-refractivity contribution in [3.05, 3.63) is 30.5 Å². The van der Waals surface area contributed by atoms with Crippen LogP contribution in [0.15, 0.2) is 30.5 Å². The molecule has 0 fully saturated rings. The number of fused-ring (bicyclic) bond motifs is 1. The van der Waals surface area contributed by atoms with Gasteiger partial charge < -0.3 is 15.0 Å². The van der Waals surface area contributed by atoms with Crippen LogP contribution in [0.25, 0.3) is 10.9 Å². The predicted octanol–water partition coefficient (Wildman–Crippen LogP) is 3.35. The van der Waals surface area contributed by atoms with E-state index in [9.17, 15) is 4.79 Å². The van der Waals surface area contributed by atoms with Crippen LogP contribution >= 0.6 is 0 Å². The van der Waals surface area contributed by atoms with E-state index >= 15 is 0 Å². The summed E-state index contributed by atoms with van der Waals surface area (Å²) in [6.45, 7) is 3.26. The maximum atomic E-state index is 11.2. The normalized spacial score (nSPS) is 10.8. The van der Waals surface area contributed by atoms with Gasteiger partial charge in [0.1, 0.15) is 0 Å². The Bertz CT molecular complexity index is 575. The van der Waals surface area contributed by atoms with Crippen LogP contribution in [-0.2, 0) is 16.1 Å². The van der Waals surface area contributed by atoms with Crippen LogP contribution in [0.5, 0.6) is 0 Å². The molecular weight excluding hydrogens is 252 g/mol. The minimum atomic E-state index is -0.0910. The molecule has 0 unspecified atom stereocenters. The number of nitrogens with two attached hydrogens (primary N) is 1. The topological polar surface area (TPSA) is 57.2 Å². The molecule has 0 saturated heterocycles. The van der Waals surface area contributed by atoms with Gasteiger partial charge in [-0.25, -0.2) is 0 Å². The predicted molar refractivity (Wildman–Crippen MR) is 81.5 cm³/mol. The van der Waals surface area contributed by atoms with Crippen LogP contribution in [0.4, 0.5) is 5.69 Å². The largest absolute Gasteiger partial charge is 0.466 e. The number of hydrogen-bond acceptors (Lipinski definition) is 3. The summed E-state index contributed by atoms with van der Waals surface area (Å²) < 4.78 is 7.13. The average Bonchev–Trinajstić information content (AvgIpc) is 2.81. The number of aryl methyl sites for hydroxylation is 1. The van der Waals surface area contributed by atoms with E-state index in [-0.39, 0.29) is 5.97 Å². The smallest absolute Gasteiger partial charge is 0.305 e. The molecule has 0 saturated carbocycles. The van der Waals surface area contributed by atoms with Gasteiger partial charge in [-0.05, 0) is 43.4 Å². The zero-order chi connectivity index (χ0) is 14.4. The molecular formula is C16H22N2O2. The highest BCUT2D eigenvalue weighted by atomic mass is 16.5. The van der Waals surface area contributed by atoms with Gasteiger partial charge >= 0.3 is 5.97 Å². The van der Waals surface area contributed by atoms with Gasteiger partial charge in [0.05, 0.1) is 12.1 Å². The number of rotatable bonds is 7. The van der Waals surface area contributed by atoms with Crippen LogP contribution in [0.2, 0.25) is 0 Å². The molecule has 1 heterocycles. The number of carbonyl (C=O) groups is 1. The zero-order valence-corrected chi connectivity index (χ0v) is 12.0. The molecule has 0 aliphatic carbocycles. The van der Waals surface area contributed by atoms with Crippen molar-refractivity contribution in [2.75, 3.05) is 12.3 Å². The SMILES string of the molecule is CCOC(=O)CCCCCn1ccc2ccc(N)cc21. The molecule has 20 heavy (non-hydrogen) atoms. The molecule has 108 valence electrons. The van der Waals surface area contributed by atoms with Gasteiger partial charge in [-0.2, -0.15) is 0 Å². The summed E-state index contributed by atoms with van der Waals surface area (Å²) in [6, 6.07) is 8.08. The fourth-order valence-corrected chi connectivity index (χ4v) is 2.36. The highest BCUT2D eigenvalue weighted by Crippen LogP contribution is 2.19. The molecule has 2 aromatic rings. The van der Waals surface area contributed by atoms with Gasteiger partial charge in [-0.15, -0.1) is 0 Å². The van der Waals surface area contributed by atoms with Crippen molar-refractivity contribution in [2.24, 2.45) is 0 Å². The number of ether oxygens (including phenoxy) is 1. The van der Waals surface area contributed by atoms with E-state index in [0.717, 1.165) is 31.5 Å². The number of anilines is 1. The summed E-state index contributed by atoms with van der Waals surface area (Å²) in [4.78, 5) is 11.2. The van der Waals surface area contributed by atoms with Crippen LogP contribution < -0.4 is 5.73 Å². The first-order valence-corrected chi connectivity index (χ1v) is 7.20. The lowest BCUT2D eigenvalue weighted by atomic mass is 10.2. The van der Waals surface area contributed by atoms with E-state index < -0.39 is 0 Å². The Morgan fingerprint density at radius 3 is 2.90 bits per heavy atom. The molecule has 1 aromatic heterocycles. The summed E-state index contributed by atoms with van der Waals surface area (Å²) in [5.41, 5.74) is 7.79. The van der Waals surface area contributed by atoms with Gasteiger partial charge in [0.25, 0.3) is 0 Å². The Labute approximate surface area is 119 Å². The summed E-state index contributed by atoms with van der Waals surface area (Å²) in [7, 11) is 0. The van der Waals surface area contributed by atoms with Crippen molar-refractivity contribution in [3.63, 3.8) is 0 Å². The molecule has 0 aliphatic rings. The second-order valence-electron chi connectivity index (χ2n) is 4.94. The molecule has 0 aliphatic heterocycles. The lowest BCUT2D eigenvalue weighted by Crippen LogP contribution is -2.03. The van der Waals surface area contributed by atoms with E-state index in [1.165, 1.54) is 10.9 Å². The maximum Gasteiger partial charge on any atom is 0.305 e. The molecule has 0 radical (unpaired) electrons. The third-order valence-corrected chi connectivity index (χ3v) is 3.38. The summed E-state index contributed by atoms with van der Waals surface area (Å²) in [5, 5.41) is 1.21. The van der Waals surface area contributed by atoms with Gasteiger partial charge in [0.15, 0.2) is 0 Å². The third kappa shape index (κ3) is 3.76. The van der Waals surface area contributed by atoms with Crippen LogP contribution in [0.1, 0.15) is 32.6 Å². The number of aromatic nitrogens is 1. The van der Waals surface area contributed by atoms with Crippen molar-refractivity contribution < 1.29 is 9.53 Å². The fourth-order valence-electron chi connectivity index (χ4n) is 2.36. The van der Waals surface area contributed by atoms with Crippen molar-refractivity contribution in [2.45, 2.75) is 39.2 Å². The molecule has 0 spiro atoms. The minimum Gasteiger partial charge on any atom is -0.466 e. The Kier molecular flexibility index (Phi) is 5.04. The van der Waals surface area contributed by atoms with Crippen LogP contribution in [0, 0.1) is 0 Å². The number of esters is 1. The molecule has 2 N–H and O–H groups in total. The van der Waals surface area contributed by atoms with E-state index in [1.807, 2.05) is 25.1 Å². The van der Waals surface area contributed by atoms with Crippen molar-refractivity contribution in [1.82, 2.24) is 4.57 Å². The summed E-state index contributed by atoms with van der Waals surface area (Å²) >= 11 is 0. The van der Waals surface area contributed by atoms with Gasteiger partial charge in [0, 0.05) is 24.8 Å². The van der Waals surface area contributed by atoms with Crippen LogP contribution in [-0.4, -0.2) is 17.1 Å². The highest BCUT2D eigenvalue weighted by molar-refractivity contribution is 5.83. The monoisotopic (exact) mass is 274 g/mol. The minimum absolute atomic E-state index is 0.0910. The number of carbonyl (C=O) groups excluding carboxylic acids is 1. The molecule has 0 amide bonds. The Morgan fingerprint density at radius 2 is 2.10 bits per heavy atom. The summed E-state index contributed by atoms with van der Waals surface area (Å²) in [5.74, 6) is -0.0910. The number of benzene rings is 1. The highest BCUT2D eigenvalue weighted by Gasteiger charge is 2.03. The van der Waals surface area contributed by atoms with Crippen molar-refractivity contribution in [3.8, 4) is 0 Å². The van der Waals surface area contributed by atoms with Crippen molar-refractivity contribution >= 4 is 22.6 Å². The van der Waals surface area contributed by atoms with Gasteiger partial charge in [0.2, 0.25) is 0 Å². The number of nitrogens with zero attached hydrogens (tertiary/aromatic N) is 1. The second-order valence-corrected chi connectivity index (χ2v) is 4.94. The van der Waals surface area contributed by atoms with E-state index in [2.05, 4.69) is 16.8 Å². The summed E-state index contributed by atoms with van der Waals surface area (Å²) in [6.07, 6.45) is 5.58. The zero-order valence-electron chi connectivity index (χ0n) is 12.0. The van der Waals surface area contributed by atoms with E-state index in [4.69, 9.17) is 10.5 Å². The number of nitrogen functional groups attached to an aromatic ring is 1. The first kappa shape index (κ1) is 14.4. The Hall–Kier alpha value is -1.97. The standard InChI is InChI=1S/C16H22N2O2/c1-2-20-16(19)6-4-3-5-10-18-11-9-13-7-8-14(17)12-15(13)18/h7-9,11-12H,2-6,10,17H2,1H3.